The number of hydrogen-bond acceptors (Lipinski definition) is 6. The number of hydrogen-bond donors (Lipinski definition) is 4. The van der Waals surface area contributed by atoms with Crippen LogP contribution in [0.1, 0.15) is 0 Å². The maximum Gasteiger partial charge on any atom is 0.429 e. The Kier molecular flexibility index (Phi) is 11.6. The lowest BCUT2D eigenvalue weighted by atomic mass is 10.8. The summed E-state index contributed by atoms with van der Waals surface area (Å²) in [5.74, 6) is 7.76. The van der Waals surface area contributed by atoms with Gasteiger partial charge in [0, 0.05) is 0 Å². The van der Waals surface area contributed by atoms with Crippen molar-refractivity contribution in [1.82, 2.24) is 10.9 Å². The van der Waals surface area contributed by atoms with Crippen molar-refractivity contribution in [3.8, 4) is 0 Å². The highest BCUT2D eigenvalue weighted by Crippen LogP contribution is 1.81. The fourth-order valence-corrected chi connectivity index (χ4v) is 0.215. The first kappa shape index (κ1) is 14.2. The number of rotatable bonds is 2. The van der Waals surface area contributed by atoms with E-state index in [1.807, 2.05) is 0 Å². The molecular formula is C4H9ClN4O4. The van der Waals surface area contributed by atoms with Crippen molar-refractivity contribution in [3.63, 3.8) is 0 Å². The Morgan fingerprint density at radius 1 is 1.46 bits per heavy atom. The highest BCUT2D eigenvalue weighted by Gasteiger charge is 2.04. The molecule has 6 N–H and O–H groups in total. The molecule has 0 aromatic rings. The predicted molar refractivity (Wildman–Crippen MR) is 42.9 cm³/mol. The second-order valence-corrected chi connectivity index (χ2v) is 1.59. The molecule has 0 rings (SSSR count). The summed E-state index contributed by atoms with van der Waals surface area (Å²) < 4.78 is 3.90. The minimum absolute atomic E-state index is 0.368. The molecule has 76 valence electrons. The smallest absolute Gasteiger partial charge is 0.374 e. The number of nitrogens with two attached hydrogens (primary N) is 2. The van der Waals surface area contributed by atoms with E-state index < -0.39 is 12.1 Å². The number of amides is 2. The Labute approximate surface area is 78.5 Å². The van der Waals surface area contributed by atoms with Crippen molar-refractivity contribution in [2.75, 3.05) is 5.88 Å². The number of esters is 1. The first-order valence-electron chi connectivity index (χ1n) is 2.79. The molecule has 0 saturated heterocycles. The zero-order chi connectivity index (χ0) is 10.7. The second-order valence-electron chi connectivity index (χ2n) is 1.32. The van der Waals surface area contributed by atoms with Crippen molar-refractivity contribution in [2.45, 2.75) is 0 Å². The number of halogens is 1. The van der Waals surface area contributed by atoms with Crippen LogP contribution in [0.5, 0.6) is 0 Å². The molecule has 0 aliphatic rings. The van der Waals surface area contributed by atoms with Gasteiger partial charge in [0.15, 0.2) is 0 Å². The Morgan fingerprint density at radius 2 is 1.92 bits per heavy atom. The van der Waals surface area contributed by atoms with Crippen molar-refractivity contribution >= 4 is 30.1 Å². The van der Waals surface area contributed by atoms with Crippen LogP contribution in [0.2, 0.25) is 0 Å². The van der Waals surface area contributed by atoms with Gasteiger partial charge in [0.05, 0.1) is 0 Å². The van der Waals surface area contributed by atoms with Crippen LogP contribution in [-0.2, 0) is 14.3 Å². The lowest BCUT2D eigenvalue weighted by Crippen LogP contribution is -2.32. The Hall–Kier alpha value is -1.38. The zero-order valence-electron chi connectivity index (χ0n) is 6.45. The summed E-state index contributed by atoms with van der Waals surface area (Å²) in [6, 6.07) is 0. The summed E-state index contributed by atoms with van der Waals surface area (Å²) in [7, 11) is 0. The lowest BCUT2D eigenvalue weighted by molar-refractivity contribution is -0.134. The summed E-state index contributed by atoms with van der Waals surface area (Å²) in [5, 5.41) is 0. The quantitative estimate of drug-likeness (QED) is 0.0792. The maximum atomic E-state index is 10.1. The van der Waals surface area contributed by atoms with Crippen molar-refractivity contribution < 1.29 is 19.1 Å². The average Bonchev–Trinajstić information content (AvgIpc) is 2.17. The van der Waals surface area contributed by atoms with Gasteiger partial charge in [-0.1, -0.05) is 0 Å². The van der Waals surface area contributed by atoms with Crippen LogP contribution in [0, 0.1) is 0 Å². The molecule has 0 atom stereocenters. The van der Waals surface area contributed by atoms with Gasteiger partial charge < -0.3 is 4.74 Å². The normalized spacial score (nSPS) is 7.31. The van der Waals surface area contributed by atoms with E-state index >= 15 is 0 Å². The fraction of sp³-hybridized carbons (Fsp3) is 0.250. The van der Waals surface area contributed by atoms with Gasteiger partial charge in [0.1, 0.15) is 5.88 Å². The molecule has 0 unspecified atom stereocenters. The van der Waals surface area contributed by atoms with Crippen molar-refractivity contribution in [2.24, 2.45) is 11.7 Å². The van der Waals surface area contributed by atoms with E-state index in [1.54, 1.807) is 10.9 Å². The molecule has 0 heterocycles. The monoisotopic (exact) mass is 212 g/mol. The molecular weight excluding hydrogens is 204 g/mol. The van der Waals surface area contributed by atoms with Crippen LogP contribution in [0.25, 0.3) is 0 Å². The standard InChI is InChI=1S/C3H5ClN2O3.CH4N2O/c4-1-2(7)9-3(8)6-5;2-3-1-4/h1,5H2,(H,6,8);1H,2H2,(H,3,4). The molecule has 0 aliphatic heterocycles. The summed E-state index contributed by atoms with van der Waals surface area (Å²) in [4.78, 5) is 29.1. The number of alkyl halides is 1. The molecule has 0 aliphatic carbocycles. The Morgan fingerprint density at radius 3 is 2.15 bits per heavy atom. The first-order chi connectivity index (χ1) is 6.12. The van der Waals surface area contributed by atoms with Crippen LogP contribution in [0.3, 0.4) is 0 Å². The molecule has 13 heavy (non-hydrogen) atoms. The predicted octanol–water partition coefficient (Wildman–Crippen LogP) is -2.04. The van der Waals surface area contributed by atoms with Gasteiger partial charge in [-0.3, -0.25) is 20.4 Å². The lowest BCUT2D eigenvalue weighted by Gasteiger charge is -1.95. The van der Waals surface area contributed by atoms with Gasteiger partial charge >= 0.3 is 12.1 Å². The third kappa shape index (κ3) is 13.6. The van der Waals surface area contributed by atoms with E-state index in [0.717, 1.165) is 0 Å². The van der Waals surface area contributed by atoms with Crippen LogP contribution >= 0.6 is 11.6 Å². The van der Waals surface area contributed by atoms with Crippen LogP contribution < -0.4 is 22.5 Å². The van der Waals surface area contributed by atoms with E-state index in [2.05, 4.69) is 16.4 Å². The summed E-state index contributed by atoms with van der Waals surface area (Å²) >= 11 is 4.96. The van der Waals surface area contributed by atoms with E-state index in [1.165, 1.54) is 0 Å². The minimum Gasteiger partial charge on any atom is -0.374 e. The molecule has 0 fully saturated rings. The zero-order valence-corrected chi connectivity index (χ0v) is 7.21. The van der Waals surface area contributed by atoms with E-state index in [-0.39, 0.29) is 5.88 Å². The van der Waals surface area contributed by atoms with Gasteiger partial charge in [0.2, 0.25) is 6.41 Å². The average molecular weight is 213 g/mol. The van der Waals surface area contributed by atoms with Gasteiger partial charge in [-0.2, -0.15) is 0 Å². The highest BCUT2D eigenvalue weighted by atomic mass is 35.5. The van der Waals surface area contributed by atoms with Gasteiger partial charge in [0.25, 0.3) is 0 Å². The summed E-state index contributed by atoms with van der Waals surface area (Å²) in [6.45, 7) is 0. The Bertz CT molecular complexity index is 162. The van der Waals surface area contributed by atoms with Crippen LogP contribution in [0.4, 0.5) is 4.79 Å². The molecule has 0 saturated carbocycles. The molecule has 9 heteroatoms. The highest BCUT2D eigenvalue weighted by molar-refractivity contribution is 6.26. The molecule has 0 bridgehead atoms. The summed E-state index contributed by atoms with van der Waals surface area (Å²) in [6.07, 6.45) is -0.611. The first-order valence-corrected chi connectivity index (χ1v) is 3.32. The molecule has 0 radical (unpaired) electrons. The van der Waals surface area contributed by atoms with E-state index in [0.29, 0.717) is 6.41 Å². The second kappa shape index (κ2) is 10.6. The third-order valence-corrected chi connectivity index (χ3v) is 0.720. The molecule has 0 aromatic carbocycles. The fourth-order valence-electron chi connectivity index (χ4n) is 0.160. The molecule has 2 amide bonds. The van der Waals surface area contributed by atoms with Gasteiger partial charge in [-0.15, -0.1) is 11.6 Å². The third-order valence-electron chi connectivity index (χ3n) is 0.502. The number of ether oxygens (including phenoxy) is 1. The van der Waals surface area contributed by atoms with Crippen LogP contribution in [-0.4, -0.2) is 24.4 Å². The van der Waals surface area contributed by atoms with Gasteiger partial charge in [-0.05, 0) is 0 Å². The minimum atomic E-state index is -1.01. The van der Waals surface area contributed by atoms with Crippen molar-refractivity contribution in [1.29, 1.82) is 0 Å². The number of nitrogens with one attached hydrogen (secondary N) is 2. The topological polar surface area (TPSA) is 137 Å². The summed E-state index contributed by atoms with van der Waals surface area (Å²) in [5.41, 5.74) is 3.34. The molecule has 0 aromatic heterocycles. The molecule has 8 nitrogen and oxygen atoms in total. The van der Waals surface area contributed by atoms with Crippen molar-refractivity contribution in [3.05, 3.63) is 0 Å². The largest absolute Gasteiger partial charge is 0.429 e. The SMILES string of the molecule is NNC(=O)OC(=O)CCl.NNC=O. The van der Waals surface area contributed by atoms with E-state index in [4.69, 9.17) is 16.4 Å². The van der Waals surface area contributed by atoms with Crippen LogP contribution in [0.15, 0.2) is 0 Å². The number of carbonyl (C=O) groups excluding carboxylic acids is 3. The number of carbonyl (C=O) groups is 3. The molecule has 0 spiro atoms. The maximum absolute atomic E-state index is 10.1. The number of hydrazine groups is 2. The Balaban J connectivity index is 0. The van der Waals surface area contributed by atoms with E-state index in [9.17, 15) is 9.59 Å². The van der Waals surface area contributed by atoms with Gasteiger partial charge in [-0.25, -0.2) is 16.5 Å².